The fourth-order valence-corrected chi connectivity index (χ4v) is 5.12. The van der Waals surface area contributed by atoms with Crippen LogP contribution < -0.4 is 5.32 Å². The number of hydrogen-bond acceptors (Lipinski definition) is 3. The summed E-state index contributed by atoms with van der Waals surface area (Å²) in [6, 6.07) is 13.5. The third kappa shape index (κ3) is 3.49. The number of methoxy groups -OCH3 is 1. The average molecular weight is 410 g/mol. The van der Waals surface area contributed by atoms with Crippen LogP contribution in [0, 0.1) is 5.82 Å². The van der Waals surface area contributed by atoms with Gasteiger partial charge in [0.15, 0.2) is 0 Å². The van der Waals surface area contributed by atoms with E-state index in [1.165, 1.54) is 6.07 Å². The van der Waals surface area contributed by atoms with E-state index in [1.807, 2.05) is 23.1 Å². The van der Waals surface area contributed by atoms with Gasteiger partial charge < -0.3 is 15.0 Å². The highest BCUT2D eigenvalue weighted by Crippen LogP contribution is 2.49. The maximum atomic E-state index is 14.3. The Balaban J connectivity index is 1.81. The van der Waals surface area contributed by atoms with Crippen molar-refractivity contribution in [2.45, 2.75) is 43.6 Å². The molecule has 0 unspecified atom stereocenters. The summed E-state index contributed by atoms with van der Waals surface area (Å²) >= 11 is 0. The Labute approximate surface area is 176 Å². The molecule has 6 heteroatoms. The molecule has 0 aromatic heterocycles. The topological polar surface area (TPSA) is 58.6 Å². The predicted octanol–water partition coefficient (Wildman–Crippen LogP) is 4.35. The van der Waals surface area contributed by atoms with Crippen LogP contribution >= 0.6 is 0 Å². The van der Waals surface area contributed by atoms with Gasteiger partial charge in [-0.2, -0.15) is 0 Å². The maximum absolute atomic E-state index is 14.3. The van der Waals surface area contributed by atoms with Gasteiger partial charge in [-0.05, 0) is 36.6 Å². The molecular weight excluding hydrogens is 383 g/mol. The van der Waals surface area contributed by atoms with E-state index in [1.54, 1.807) is 31.4 Å². The molecule has 1 fully saturated rings. The van der Waals surface area contributed by atoms with Crippen molar-refractivity contribution in [3.05, 3.63) is 65.5 Å². The molecule has 1 atom stereocenters. The molecule has 1 saturated carbocycles. The lowest BCUT2D eigenvalue weighted by Crippen LogP contribution is -2.62. The molecule has 2 aromatic carbocycles. The first-order valence-electron chi connectivity index (χ1n) is 10.5. The summed E-state index contributed by atoms with van der Waals surface area (Å²) in [4.78, 5) is 28.9. The lowest BCUT2D eigenvalue weighted by atomic mass is 9.65. The third-order valence-corrected chi connectivity index (χ3v) is 6.45. The van der Waals surface area contributed by atoms with Crippen molar-refractivity contribution in [3.63, 3.8) is 0 Å². The summed E-state index contributed by atoms with van der Waals surface area (Å²) in [5.74, 6) is -1.37. The first-order chi connectivity index (χ1) is 14.6. The highest BCUT2D eigenvalue weighted by molar-refractivity contribution is 6.05. The minimum absolute atomic E-state index is 0.0560. The first-order valence-corrected chi connectivity index (χ1v) is 10.5. The van der Waals surface area contributed by atoms with E-state index in [9.17, 15) is 14.0 Å². The zero-order valence-electron chi connectivity index (χ0n) is 17.2. The van der Waals surface area contributed by atoms with E-state index in [4.69, 9.17) is 4.74 Å². The summed E-state index contributed by atoms with van der Waals surface area (Å²) in [6.07, 6.45) is 4.46. The van der Waals surface area contributed by atoms with E-state index in [0.29, 0.717) is 18.7 Å². The Hall–Kier alpha value is -2.73. The number of amides is 2. The number of hydrogen-bond donors (Lipinski definition) is 1. The van der Waals surface area contributed by atoms with Crippen LogP contribution in [0.15, 0.2) is 48.5 Å². The fourth-order valence-electron chi connectivity index (χ4n) is 5.12. The highest BCUT2D eigenvalue weighted by Gasteiger charge is 2.54. The van der Waals surface area contributed by atoms with Crippen molar-refractivity contribution in [2.75, 3.05) is 25.6 Å². The van der Waals surface area contributed by atoms with Gasteiger partial charge in [-0.1, -0.05) is 49.6 Å². The number of carbonyl (C=O) groups is 2. The quantitative estimate of drug-likeness (QED) is 0.797. The van der Waals surface area contributed by atoms with Crippen LogP contribution in [0.3, 0.4) is 0 Å². The normalized spacial score (nSPS) is 20.1. The summed E-state index contributed by atoms with van der Waals surface area (Å²) in [6.45, 7) is 0.824. The number of fused-ring (bicyclic) bond motifs is 1. The molecule has 1 spiro atoms. The van der Waals surface area contributed by atoms with Crippen molar-refractivity contribution in [2.24, 2.45) is 0 Å². The minimum atomic E-state index is -0.627. The van der Waals surface area contributed by atoms with Gasteiger partial charge in [-0.3, -0.25) is 9.59 Å². The molecule has 0 radical (unpaired) electrons. The van der Waals surface area contributed by atoms with Crippen LogP contribution in [0.25, 0.3) is 0 Å². The molecule has 1 N–H and O–H groups in total. The van der Waals surface area contributed by atoms with Crippen LogP contribution in [-0.4, -0.2) is 42.5 Å². The number of para-hydroxylation sites is 1. The van der Waals surface area contributed by atoms with E-state index in [0.717, 1.165) is 37.7 Å². The second kappa shape index (κ2) is 8.56. The first kappa shape index (κ1) is 20.5. The molecule has 1 aliphatic heterocycles. The Morgan fingerprint density at radius 3 is 2.57 bits per heavy atom. The van der Waals surface area contributed by atoms with Crippen molar-refractivity contribution >= 4 is 17.5 Å². The number of carbonyl (C=O) groups excluding carboxylic acids is 2. The van der Waals surface area contributed by atoms with E-state index >= 15 is 0 Å². The lowest BCUT2D eigenvalue weighted by molar-refractivity contribution is -0.122. The number of nitrogens with zero attached hydrogens (tertiary/aromatic N) is 1. The molecule has 0 bridgehead atoms. The Bertz CT molecular complexity index is 940. The summed E-state index contributed by atoms with van der Waals surface area (Å²) in [5, 5.41) is 2.80. The van der Waals surface area contributed by atoms with Crippen LogP contribution in [0.5, 0.6) is 0 Å². The number of benzene rings is 2. The molecule has 30 heavy (non-hydrogen) atoms. The van der Waals surface area contributed by atoms with Gasteiger partial charge in [0, 0.05) is 19.2 Å². The molecule has 1 heterocycles. The molecule has 2 aliphatic rings. The largest absolute Gasteiger partial charge is 0.383 e. The SMILES string of the molecule is COCCN1C(=O)c2ccccc2[C@@H](C(=O)Nc2ccccc2F)C12CCCCC2. The van der Waals surface area contributed by atoms with Gasteiger partial charge in [-0.15, -0.1) is 0 Å². The average Bonchev–Trinajstić information content (AvgIpc) is 2.76. The zero-order chi connectivity index (χ0) is 21.1. The summed E-state index contributed by atoms with van der Waals surface area (Å²) < 4.78 is 19.5. The second-order valence-electron chi connectivity index (χ2n) is 8.10. The number of nitrogens with one attached hydrogen (secondary N) is 1. The second-order valence-corrected chi connectivity index (χ2v) is 8.10. The van der Waals surface area contributed by atoms with Gasteiger partial charge in [0.2, 0.25) is 5.91 Å². The molecule has 4 rings (SSSR count). The van der Waals surface area contributed by atoms with Crippen molar-refractivity contribution in [3.8, 4) is 0 Å². The smallest absolute Gasteiger partial charge is 0.254 e. The van der Waals surface area contributed by atoms with E-state index in [-0.39, 0.29) is 17.5 Å². The Morgan fingerprint density at radius 1 is 1.13 bits per heavy atom. The standard InChI is InChI=1S/C24H27FN2O3/c1-30-16-15-27-23(29)18-10-4-3-9-17(18)21(24(27)13-7-2-8-14-24)22(28)26-20-12-6-5-11-19(20)25/h3-6,9-12,21H,2,7-8,13-16H2,1H3,(H,26,28)/t21-/m0/s1. The monoisotopic (exact) mass is 410 g/mol. The van der Waals surface area contributed by atoms with Crippen LogP contribution in [0.2, 0.25) is 0 Å². The Kier molecular flexibility index (Phi) is 5.86. The van der Waals surface area contributed by atoms with Gasteiger partial charge in [-0.25, -0.2) is 4.39 Å². The number of ether oxygens (including phenoxy) is 1. The molecule has 0 saturated heterocycles. The van der Waals surface area contributed by atoms with Gasteiger partial charge in [0.05, 0.1) is 23.8 Å². The molecule has 1 aliphatic carbocycles. The molecule has 2 amide bonds. The van der Waals surface area contributed by atoms with Crippen molar-refractivity contribution in [1.82, 2.24) is 4.90 Å². The van der Waals surface area contributed by atoms with Crippen molar-refractivity contribution in [1.29, 1.82) is 0 Å². The minimum Gasteiger partial charge on any atom is -0.383 e. The Morgan fingerprint density at radius 2 is 1.83 bits per heavy atom. The molecule has 5 nitrogen and oxygen atoms in total. The predicted molar refractivity (Wildman–Crippen MR) is 113 cm³/mol. The molecule has 2 aromatic rings. The highest BCUT2D eigenvalue weighted by atomic mass is 19.1. The van der Waals surface area contributed by atoms with Crippen LogP contribution in [0.4, 0.5) is 10.1 Å². The summed E-state index contributed by atoms with van der Waals surface area (Å²) in [7, 11) is 1.61. The summed E-state index contributed by atoms with van der Waals surface area (Å²) in [5.41, 5.74) is 0.800. The van der Waals surface area contributed by atoms with Crippen LogP contribution in [-0.2, 0) is 9.53 Å². The zero-order valence-corrected chi connectivity index (χ0v) is 17.2. The van der Waals surface area contributed by atoms with Gasteiger partial charge in [0.25, 0.3) is 5.91 Å². The van der Waals surface area contributed by atoms with Crippen molar-refractivity contribution < 1.29 is 18.7 Å². The molecule has 158 valence electrons. The van der Waals surface area contributed by atoms with Gasteiger partial charge >= 0.3 is 0 Å². The van der Waals surface area contributed by atoms with Crippen LogP contribution in [0.1, 0.15) is 53.9 Å². The number of rotatable bonds is 5. The van der Waals surface area contributed by atoms with E-state index in [2.05, 4.69) is 5.32 Å². The molecular formula is C24H27FN2O3. The van der Waals surface area contributed by atoms with Gasteiger partial charge in [0.1, 0.15) is 5.82 Å². The maximum Gasteiger partial charge on any atom is 0.254 e. The number of anilines is 1. The fraction of sp³-hybridized carbons (Fsp3) is 0.417. The number of halogens is 1. The third-order valence-electron chi connectivity index (χ3n) is 6.45. The lowest BCUT2D eigenvalue weighted by Gasteiger charge is -2.53. The van der Waals surface area contributed by atoms with E-state index < -0.39 is 17.3 Å².